The molecule has 1 aliphatic rings. The number of methoxy groups -OCH3 is 1. The number of carbonyl (C=O) groups excluding carboxylic acids is 1. The second kappa shape index (κ2) is 4.15. The summed E-state index contributed by atoms with van der Waals surface area (Å²) >= 11 is 0. The molecule has 92 valence electrons. The van der Waals surface area contributed by atoms with Gasteiger partial charge in [-0.2, -0.15) is 12.8 Å². The van der Waals surface area contributed by atoms with Crippen molar-refractivity contribution in [3.8, 4) is 0 Å². The van der Waals surface area contributed by atoms with Crippen LogP contribution in [0.5, 0.6) is 0 Å². The van der Waals surface area contributed by atoms with Crippen molar-refractivity contribution < 1.29 is 23.1 Å². The molecule has 0 atom stereocenters. The Kier molecular flexibility index (Phi) is 3.21. The second-order valence-electron chi connectivity index (χ2n) is 3.07. The number of sulfonamides is 1. The minimum Gasteiger partial charge on any atom is -0.858 e. The molecule has 0 spiro atoms. The van der Waals surface area contributed by atoms with Gasteiger partial charge in [0, 0.05) is 11.5 Å². The van der Waals surface area contributed by atoms with Gasteiger partial charge in [-0.1, -0.05) is 6.07 Å². The van der Waals surface area contributed by atoms with E-state index in [2.05, 4.69) is 9.13 Å². The van der Waals surface area contributed by atoms with Gasteiger partial charge in [0.15, 0.2) is 0 Å². The molecule has 0 aliphatic carbocycles. The first-order chi connectivity index (χ1) is 7.45. The summed E-state index contributed by atoms with van der Waals surface area (Å²) in [5, 5.41) is 11.2. The third-order valence-corrected chi connectivity index (χ3v) is 3.41. The number of esters is 1. The van der Waals surface area contributed by atoms with Crippen molar-refractivity contribution in [3.63, 3.8) is 0 Å². The van der Waals surface area contributed by atoms with Crippen LogP contribution in [0.1, 0.15) is 15.9 Å². The maximum absolute atomic E-state index is 11.4. The highest BCUT2D eigenvalue weighted by molar-refractivity contribution is 7.90. The summed E-state index contributed by atoms with van der Waals surface area (Å²) < 4.78 is 30.2. The number of hydrogen-bond donors (Lipinski definition) is 1. The van der Waals surface area contributed by atoms with Gasteiger partial charge in [-0.05, 0) is 12.1 Å². The van der Waals surface area contributed by atoms with Gasteiger partial charge in [-0.25, -0.2) is 4.79 Å². The Labute approximate surface area is 97.4 Å². The van der Waals surface area contributed by atoms with Crippen LogP contribution in [-0.2, 0) is 14.8 Å². The third kappa shape index (κ3) is 1.99. The average Bonchev–Trinajstić information content (AvgIpc) is 2.48. The molecule has 7 nitrogen and oxygen atoms in total. The molecule has 1 heterocycles. The number of carbonyl (C=O) groups is 1. The topological polar surface area (TPSA) is 132 Å². The van der Waals surface area contributed by atoms with Crippen LogP contribution in [0.15, 0.2) is 27.5 Å². The molecule has 2 rings (SSSR count). The van der Waals surface area contributed by atoms with E-state index in [9.17, 15) is 18.3 Å². The molecule has 0 fully saturated rings. The van der Waals surface area contributed by atoms with Crippen LogP contribution in [0, 0.1) is 0 Å². The van der Waals surface area contributed by atoms with Crippen molar-refractivity contribution >= 4 is 21.9 Å². The largest absolute Gasteiger partial charge is 0.858 e. The molecule has 17 heavy (non-hydrogen) atoms. The van der Waals surface area contributed by atoms with Gasteiger partial charge in [0.25, 0.3) is 10.0 Å². The zero-order valence-electron chi connectivity index (χ0n) is 9.13. The summed E-state index contributed by atoms with van der Waals surface area (Å²) in [7, 11) is -2.77. The van der Waals surface area contributed by atoms with E-state index in [1.807, 2.05) is 0 Å². The highest BCUT2D eigenvalue weighted by Gasteiger charge is 2.25. The quantitative estimate of drug-likeness (QED) is 0.688. The van der Waals surface area contributed by atoms with Crippen LogP contribution < -0.4 is 11.3 Å². The van der Waals surface area contributed by atoms with Crippen molar-refractivity contribution in [1.29, 1.82) is 0 Å². The van der Waals surface area contributed by atoms with Gasteiger partial charge in [-0.15, -0.1) is 0 Å². The summed E-state index contributed by atoms with van der Waals surface area (Å²) in [5.41, 5.74) is 0.0439. The van der Waals surface area contributed by atoms with Gasteiger partial charge in [0.1, 0.15) is 0 Å². The van der Waals surface area contributed by atoms with Crippen molar-refractivity contribution in [2.24, 2.45) is 4.40 Å². The van der Waals surface area contributed by atoms with Crippen LogP contribution in [-0.4, -0.2) is 27.4 Å². The number of benzene rings is 1. The Balaban J connectivity index is 0.00000144. The van der Waals surface area contributed by atoms with E-state index < -0.39 is 21.9 Å². The molecular weight excluding hydrogens is 248 g/mol. The highest BCUT2D eigenvalue weighted by Crippen LogP contribution is 2.25. The van der Waals surface area contributed by atoms with E-state index in [1.54, 1.807) is 0 Å². The Morgan fingerprint density at radius 2 is 2.06 bits per heavy atom. The molecule has 0 saturated carbocycles. The normalized spacial score (nSPS) is 15.5. The first-order valence-electron chi connectivity index (χ1n) is 4.20. The first-order valence-corrected chi connectivity index (χ1v) is 5.64. The summed E-state index contributed by atoms with van der Waals surface area (Å²) in [6.45, 7) is 0. The molecule has 1 aromatic carbocycles. The lowest BCUT2D eigenvalue weighted by molar-refractivity contribution is -0.212. The molecule has 0 saturated heterocycles. The van der Waals surface area contributed by atoms with Gasteiger partial charge in [0.05, 0.1) is 17.6 Å². The minimum absolute atomic E-state index is 0. The number of hydrogen-bond acceptors (Lipinski definition) is 5. The number of ether oxygens (including phenoxy) is 1. The minimum atomic E-state index is -3.95. The molecule has 0 amide bonds. The van der Waals surface area contributed by atoms with Gasteiger partial charge in [-0.3, -0.25) is 0 Å². The standard InChI is InChI=1S/C9H7NO5S.H3N/c1-15-9(12)5-2-3-6-7(4-5)16(13,14)10-8(6)11;/h2-4H,1H3,(H,10,11);1H3. The predicted molar refractivity (Wildman–Crippen MR) is 57.5 cm³/mol. The summed E-state index contributed by atoms with van der Waals surface area (Å²) in [5.74, 6) is -1.48. The van der Waals surface area contributed by atoms with Crippen molar-refractivity contribution in [2.45, 2.75) is 4.90 Å². The fraction of sp³-hybridized carbons (Fsp3) is 0.111. The molecule has 0 bridgehead atoms. The maximum Gasteiger partial charge on any atom is 0.337 e. The molecule has 0 aromatic heterocycles. The molecular formula is C9H10N2O5S. The molecule has 0 unspecified atom stereocenters. The highest BCUT2D eigenvalue weighted by atomic mass is 32.2. The van der Waals surface area contributed by atoms with E-state index in [-0.39, 0.29) is 22.2 Å². The Morgan fingerprint density at radius 1 is 1.41 bits per heavy atom. The average molecular weight is 258 g/mol. The van der Waals surface area contributed by atoms with Gasteiger partial charge < -0.3 is 16.0 Å². The van der Waals surface area contributed by atoms with Gasteiger partial charge >= 0.3 is 5.97 Å². The van der Waals surface area contributed by atoms with Gasteiger partial charge in [0.2, 0.25) is 0 Å². The number of nitrogens with zero attached hydrogens (tertiary/aromatic N) is 1. The molecule has 4 N–H and O–H groups in total. The lowest BCUT2D eigenvalue weighted by Crippen LogP contribution is -2.16. The summed E-state index contributed by atoms with van der Waals surface area (Å²) in [6.07, 6.45) is 0. The van der Waals surface area contributed by atoms with Crippen molar-refractivity contribution in [1.82, 2.24) is 6.15 Å². The Hall–Kier alpha value is -1.93. The third-order valence-electron chi connectivity index (χ3n) is 2.11. The monoisotopic (exact) mass is 258 g/mol. The van der Waals surface area contributed by atoms with E-state index in [4.69, 9.17) is 0 Å². The van der Waals surface area contributed by atoms with E-state index in [0.29, 0.717) is 0 Å². The molecule has 1 aliphatic heterocycles. The Morgan fingerprint density at radius 3 is 2.65 bits per heavy atom. The fourth-order valence-electron chi connectivity index (χ4n) is 1.36. The van der Waals surface area contributed by atoms with Crippen molar-refractivity contribution in [2.75, 3.05) is 7.11 Å². The Bertz CT molecular complexity index is 606. The number of fused-ring (bicyclic) bond motifs is 1. The zero-order chi connectivity index (χ0) is 11.9. The molecule has 8 heteroatoms. The lowest BCUT2D eigenvalue weighted by atomic mass is 10.1. The molecule has 0 radical (unpaired) electrons. The SMILES string of the molecule is COC(=O)c1ccc2c(c1)S(=O)(=O)N=C2[O-].[NH4+]. The second-order valence-corrected chi connectivity index (χ2v) is 4.65. The van der Waals surface area contributed by atoms with E-state index >= 15 is 0 Å². The summed E-state index contributed by atoms with van der Waals surface area (Å²) in [6, 6.07) is 3.65. The smallest absolute Gasteiger partial charge is 0.337 e. The van der Waals surface area contributed by atoms with Crippen LogP contribution in [0.3, 0.4) is 0 Å². The van der Waals surface area contributed by atoms with Crippen LogP contribution in [0.25, 0.3) is 0 Å². The van der Waals surface area contributed by atoms with Crippen LogP contribution in [0.4, 0.5) is 0 Å². The predicted octanol–water partition coefficient (Wildman–Crippen LogP) is -0.341. The zero-order valence-corrected chi connectivity index (χ0v) is 9.95. The lowest BCUT2D eigenvalue weighted by Gasteiger charge is -2.05. The summed E-state index contributed by atoms with van der Waals surface area (Å²) in [4.78, 5) is 10.9. The first kappa shape index (κ1) is 13.1. The van der Waals surface area contributed by atoms with E-state index in [1.165, 1.54) is 19.2 Å². The van der Waals surface area contributed by atoms with Crippen LogP contribution in [0.2, 0.25) is 0 Å². The van der Waals surface area contributed by atoms with E-state index in [0.717, 1.165) is 6.07 Å². The molecule has 1 aromatic rings. The number of rotatable bonds is 1. The van der Waals surface area contributed by atoms with Crippen LogP contribution >= 0.6 is 0 Å². The maximum atomic E-state index is 11.4. The fourth-order valence-corrected chi connectivity index (χ4v) is 2.49. The van der Waals surface area contributed by atoms with Crippen molar-refractivity contribution in [3.05, 3.63) is 29.3 Å². The number of quaternary nitrogens is 1.